The van der Waals surface area contributed by atoms with E-state index in [0.29, 0.717) is 17.5 Å². The lowest BCUT2D eigenvalue weighted by Gasteiger charge is -2.36. The van der Waals surface area contributed by atoms with Gasteiger partial charge in [0.1, 0.15) is 6.73 Å². The maximum Gasteiger partial charge on any atom is 0.415 e. The lowest BCUT2D eigenvalue weighted by atomic mass is 9.87. The molecule has 0 saturated heterocycles. The van der Waals surface area contributed by atoms with Gasteiger partial charge in [-0.3, -0.25) is 4.99 Å². The third-order valence-electron chi connectivity index (χ3n) is 5.62. The van der Waals surface area contributed by atoms with Crippen molar-refractivity contribution in [3.05, 3.63) is 28.2 Å². The molecule has 1 aromatic rings. The quantitative estimate of drug-likeness (QED) is 0.240. The number of aromatic nitrogens is 1. The van der Waals surface area contributed by atoms with Gasteiger partial charge in [0.15, 0.2) is 5.17 Å². The molecule has 1 saturated carbocycles. The molecule has 1 amide bonds. The number of rotatable bonds is 7. The van der Waals surface area contributed by atoms with Crippen LogP contribution in [-0.4, -0.2) is 64.1 Å². The second-order valence-corrected chi connectivity index (χ2v) is 17.1. The van der Waals surface area contributed by atoms with Crippen molar-refractivity contribution in [1.82, 2.24) is 9.88 Å². The summed E-state index contributed by atoms with van der Waals surface area (Å²) in [5.41, 5.74) is -0.768. The molecule has 2 heterocycles. The smallest absolute Gasteiger partial charge is 0.415 e. The Labute approximate surface area is 189 Å². The summed E-state index contributed by atoms with van der Waals surface area (Å²) in [7, 11) is -1.31. The predicted octanol–water partition coefficient (Wildman–Crippen LogP) is 4.34. The van der Waals surface area contributed by atoms with Crippen molar-refractivity contribution in [1.29, 1.82) is 0 Å². The van der Waals surface area contributed by atoms with E-state index >= 15 is 0 Å². The van der Waals surface area contributed by atoms with Crippen molar-refractivity contribution in [2.75, 3.05) is 19.9 Å². The first kappa shape index (κ1) is 23.6. The second kappa shape index (κ2) is 8.49. The predicted molar refractivity (Wildman–Crippen MR) is 121 cm³/mol. The van der Waals surface area contributed by atoms with Gasteiger partial charge in [-0.15, -0.1) is 0 Å². The highest BCUT2D eigenvalue weighted by molar-refractivity contribution is 9.10. The summed E-state index contributed by atoms with van der Waals surface area (Å²) in [5, 5.41) is 20.0. The molecule has 0 radical (unpaired) electrons. The van der Waals surface area contributed by atoms with Crippen LogP contribution in [0, 0.1) is 11.9 Å². The highest BCUT2D eigenvalue weighted by atomic mass is 79.9. The molecule has 1 fully saturated rings. The van der Waals surface area contributed by atoms with Gasteiger partial charge in [-0.2, -0.15) is 4.39 Å². The molecule has 7 nitrogen and oxygen atoms in total. The highest BCUT2D eigenvalue weighted by Gasteiger charge is 2.67. The molecule has 0 bridgehead atoms. The molecule has 3 rings (SSSR count). The zero-order valence-corrected chi connectivity index (χ0v) is 20.9. The molecule has 0 aromatic carbocycles. The zero-order chi connectivity index (χ0) is 22.3. The molecule has 0 spiro atoms. The van der Waals surface area contributed by atoms with Crippen LogP contribution in [0.3, 0.4) is 0 Å². The van der Waals surface area contributed by atoms with Crippen LogP contribution in [0.1, 0.15) is 18.9 Å². The fourth-order valence-corrected chi connectivity index (χ4v) is 6.28. The fourth-order valence-electron chi connectivity index (χ4n) is 3.67. The van der Waals surface area contributed by atoms with Gasteiger partial charge in [0, 0.05) is 36.8 Å². The number of amidine groups is 1. The zero-order valence-electron chi connectivity index (χ0n) is 17.5. The molecule has 0 unspecified atom stereocenters. The van der Waals surface area contributed by atoms with Crippen molar-refractivity contribution in [3.8, 4) is 0 Å². The van der Waals surface area contributed by atoms with Gasteiger partial charge in [0.2, 0.25) is 5.95 Å². The Kier molecular flexibility index (Phi) is 6.69. The van der Waals surface area contributed by atoms with Gasteiger partial charge in [-0.05, 0) is 41.4 Å². The largest absolute Gasteiger partial charge is 0.465 e. The van der Waals surface area contributed by atoms with Crippen LogP contribution in [0.5, 0.6) is 0 Å². The van der Waals surface area contributed by atoms with Crippen LogP contribution in [0.4, 0.5) is 9.18 Å². The molecule has 11 heteroatoms. The summed E-state index contributed by atoms with van der Waals surface area (Å²) in [5.74, 6) is -0.777. The van der Waals surface area contributed by atoms with Gasteiger partial charge in [0.25, 0.3) is 0 Å². The molecule has 1 aliphatic carbocycles. The third kappa shape index (κ3) is 4.74. The average Bonchev–Trinajstić information content (AvgIpc) is 3.38. The Bertz CT molecular complexity index is 871. The summed E-state index contributed by atoms with van der Waals surface area (Å²) in [6.07, 6.45) is 0.775. The maximum atomic E-state index is 14.6. The van der Waals surface area contributed by atoms with E-state index in [9.17, 15) is 19.4 Å². The minimum atomic E-state index is -1.31. The van der Waals surface area contributed by atoms with Crippen molar-refractivity contribution in [3.63, 3.8) is 0 Å². The Morgan fingerprint density at radius 3 is 2.80 bits per heavy atom. The van der Waals surface area contributed by atoms with E-state index in [-0.39, 0.29) is 30.0 Å². The molecule has 30 heavy (non-hydrogen) atoms. The number of aliphatic hydroxyl groups is 1. The number of nitrogens with zero attached hydrogens (tertiary/aromatic N) is 3. The number of fused-ring (bicyclic) bond motifs is 1. The summed E-state index contributed by atoms with van der Waals surface area (Å²) in [4.78, 5) is 21.5. The Balaban J connectivity index is 1.92. The number of halogens is 2. The minimum Gasteiger partial charge on any atom is -0.465 e. The summed E-state index contributed by atoms with van der Waals surface area (Å²) < 4.78 is 20.3. The van der Waals surface area contributed by atoms with Crippen LogP contribution < -0.4 is 0 Å². The molecular weight excluding hydrogens is 493 g/mol. The van der Waals surface area contributed by atoms with Crippen molar-refractivity contribution < 1.29 is 24.1 Å². The molecule has 2 aliphatic rings. The average molecular weight is 520 g/mol. The topological polar surface area (TPSA) is 95.2 Å². The van der Waals surface area contributed by atoms with Crippen LogP contribution in [0.25, 0.3) is 0 Å². The second-order valence-electron chi connectivity index (χ2n) is 9.17. The van der Waals surface area contributed by atoms with E-state index in [1.807, 2.05) is 0 Å². The Hall–Kier alpha value is -1.01. The number of thioether (sulfide) groups is 1. The van der Waals surface area contributed by atoms with Gasteiger partial charge >= 0.3 is 6.09 Å². The monoisotopic (exact) mass is 519 g/mol. The summed E-state index contributed by atoms with van der Waals surface area (Å²) in [6.45, 7) is 8.58. The first-order chi connectivity index (χ1) is 13.9. The van der Waals surface area contributed by atoms with Crippen LogP contribution in [0.15, 0.2) is 21.7 Å². The number of aliphatic imine (C=N–C) groups is 1. The number of carboxylic acid groups (broad SMARTS) is 1. The molecule has 1 aromatic heterocycles. The lowest BCUT2D eigenvalue weighted by molar-refractivity contribution is 0.0701. The summed E-state index contributed by atoms with van der Waals surface area (Å²) >= 11 is 4.56. The van der Waals surface area contributed by atoms with E-state index in [1.54, 1.807) is 13.0 Å². The summed E-state index contributed by atoms with van der Waals surface area (Å²) in [6, 6.07) is 2.53. The normalized spacial score (nSPS) is 28.0. The molecule has 166 valence electrons. The molecule has 2 N–H and O–H groups in total. The number of hydrogen-bond acceptors (Lipinski definition) is 6. The van der Waals surface area contributed by atoms with E-state index in [4.69, 9.17) is 9.73 Å². The molecular formula is C19H27BrFN3O4SSi. The van der Waals surface area contributed by atoms with Crippen LogP contribution >= 0.6 is 27.7 Å². The van der Waals surface area contributed by atoms with Gasteiger partial charge in [0.05, 0.1) is 16.9 Å². The standard InChI is InChI=1S/C19H27BrFN3O4SSi/c1-18(13-7-12(20)9-22-15(13)21)14-8-19(14,10-25)29-16(23-18)24(17(26)27)11-28-5-6-30(2,3)4/h7,9,14,25H,5-6,8,10-11H2,1-4H3,(H,26,27)/t14-,18+,19+/m0/s1. The highest BCUT2D eigenvalue weighted by Crippen LogP contribution is 2.66. The third-order valence-corrected chi connectivity index (χ3v) is 9.24. The minimum absolute atomic E-state index is 0.127. The van der Waals surface area contributed by atoms with Gasteiger partial charge in [-0.1, -0.05) is 31.4 Å². The first-order valence-corrected chi connectivity index (χ1v) is 15.0. The number of hydrogen-bond donors (Lipinski definition) is 2. The molecule has 3 atom stereocenters. The maximum absolute atomic E-state index is 14.6. The van der Waals surface area contributed by atoms with Crippen LogP contribution in [0.2, 0.25) is 25.7 Å². The van der Waals surface area contributed by atoms with Crippen molar-refractivity contribution >= 4 is 47.0 Å². The van der Waals surface area contributed by atoms with Crippen molar-refractivity contribution in [2.45, 2.75) is 49.3 Å². The fraction of sp³-hybridized carbons (Fsp3) is 0.632. The number of ether oxygens (including phenoxy) is 1. The van der Waals surface area contributed by atoms with E-state index < -0.39 is 30.4 Å². The Morgan fingerprint density at radius 1 is 1.50 bits per heavy atom. The van der Waals surface area contributed by atoms with Crippen LogP contribution in [-0.2, 0) is 10.3 Å². The first-order valence-electron chi connectivity index (χ1n) is 9.71. The van der Waals surface area contributed by atoms with Gasteiger partial charge < -0.3 is 14.9 Å². The van der Waals surface area contributed by atoms with E-state index in [2.05, 4.69) is 40.6 Å². The van der Waals surface area contributed by atoms with Gasteiger partial charge in [-0.25, -0.2) is 14.7 Å². The lowest BCUT2D eigenvalue weighted by Crippen LogP contribution is -2.44. The molecule has 1 aliphatic heterocycles. The number of aliphatic hydroxyl groups excluding tert-OH is 1. The number of carbonyl (C=O) groups is 1. The number of amides is 1. The van der Waals surface area contributed by atoms with E-state index in [1.165, 1.54) is 18.0 Å². The van der Waals surface area contributed by atoms with E-state index in [0.717, 1.165) is 10.9 Å². The van der Waals surface area contributed by atoms with Crippen molar-refractivity contribution in [2.24, 2.45) is 10.9 Å². The SMILES string of the molecule is C[C@]1(c2cc(Br)cnc2F)N=C(N(COCC[Si](C)(C)C)C(=O)O)S[C@@]2(CO)C[C@H]21. The Morgan fingerprint density at radius 2 is 2.20 bits per heavy atom. The number of pyridine rings is 1.